The minimum Gasteiger partial charge on any atom is -0.476 e. The molecule has 1 saturated heterocycles. The first-order valence-electron chi connectivity index (χ1n) is 5.56. The lowest BCUT2D eigenvalue weighted by atomic mass is 10.4. The van der Waals surface area contributed by atoms with Gasteiger partial charge < -0.3 is 9.47 Å². The lowest BCUT2D eigenvalue weighted by molar-refractivity contribution is 0.0320. The molecule has 0 atom stereocenters. The van der Waals surface area contributed by atoms with Gasteiger partial charge in [-0.3, -0.25) is 4.90 Å². The molecule has 1 aliphatic rings. The van der Waals surface area contributed by atoms with Crippen molar-refractivity contribution in [1.29, 1.82) is 0 Å². The zero-order valence-electron chi connectivity index (χ0n) is 9.56. The Kier molecular flexibility index (Phi) is 4.07. The minimum atomic E-state index is 0.653. The van der Waals surface area contributed by atoms with E-state index in [9.17, 15) is 0 Å². The lowest BCUT2D eigenvalue weighted by Gasteiger charge is -2.26. The predicted molar refractivity (Wildman–Crippen MR) is 59.5 cm³/mol. The van der Waals surface area contributed by atoms with Crippen LogP contribution in [0.4, 0.5) is 0 Å². The van der Waals surface area contributed by atoms with Crippen molar-refractivity contribution in [3.8, 4) is 5.88 Å². The smallest absolute Gasteiger partial charge is 0.216 e. The summed E-state index contributed by atoms with van der Waals surface area (Å²) in [6.07, 6.45) is 1.53. The molecule has 88 valence electrons. The molecule has 0 aromatic carbocycles. The summed E-state index contributed by atoms with van der Waals surface area (Å²) >= 11 is 0. The second-order valence-electron chi connectivity index (χ2n) is 3.80. The Balaban J connectivity index is 1.71. The van der Waals surface area contributed by atoms with Crippen molar-refractivity contribution in [3.63, 3.8) is 0 Å². The summed E-state index contributed by atoms with van der Waals surface area (Å²) in [6.45, 7) is 7.15. The summed E-state index contributed by atoms with van der Waals surface area (Å²) in [5, 5.41) is 0. The van der Waals surface area contributed by atoms with Crippen molar-refractivity contribution in [1.82, 2.24) is 14.9 Å². The molecule has 2 heterocycles. The van der Waals surface area contributed by atoms with Gasteiger partial charge in [0.1, 0.15) is 12.9 Å². The first kappa shape index (κ1) is 11.3. The molecule has 2 rings (SSSR count). The van der Waals surface area contributed by atoms with Gasteiger partial charge in [-0.05, 0) is 6.92 Å². The highest BCUT2D eigenvalue weighted by atomic mass is 16.5. The normalized spacial score (nSPS) is 17.3. The maximum atomic E-state index is 5.56. The third-order valence-electron chi connectivity index (χ3n) is 2.54. The quantitative estimate of drug-likeness (QED) is 0.743. The Morgan fingerprint density at radius 1 is 1.38 bits per heavy atom. The molecule has 0 radical (unpaired) electrons. The zero-order chi connectivity index (χ0) is 11.2. The molecule has 16 heavy (non-hydrogen) atoms. The molecule has 0 spiro atoms. The maximum absolute atomic E-state index is 5.56. The highest BCUT2D eigenvalue weighted by Crippen LogP contribution is 2.05. The van der Waals surface area contributed by atoms with E-state index in [0.29, 0.717) is 12.5 Å². The molecular weight excluding hydrogens is 206 g/mol. The van der Waals surface area contributed by atoms with Crippen molar-refractivity contribution >= 4 is 0 Å². The number of hydrogen-bond acceptors (Lipinski definition) is 5. The lowest BCUT2D eigenvalue weighted by Crippen LogP contribution is -2.38. The van der Waals surface area contributed by atoms with Crippen LogP contribution in [-0.4, -0.2) is 54.3 Å². The van der Waals surface area contributed by atoms with E-state index in [-0.39, 0.29) is 0 Å². The van der Waals surface area contributed by atoms with Gasteiger partial charge in [-0.2, -0.15) is 0 Å². The topological polar surface area (TPSA) is 47.5 Å². The SMILES string of the molecule is Cc1cc(OCCN2CCOCC2)ncn1. The van der Waals surface area contributed by atoms with Gasteiger partial charge in [0, 0.05) is 31.4 Å². The van der Waals surface area contributed by atoms with Crippen LogP contribution in [0.2, 0.25) is 0 Å². The Labute approximate surface area is 95.4 Å². The summed E-state index contributed by atoms with van der Waals surface area (Å²) < 4.78 is 10.8. The zero-order valence-corrected chi connectivity index (χ0v) is 9.56. The average molecular weight is 223 g/mol. The molecule has 0 saturated carbocycles. The molecule has 1 fully saturated rings. The van der Waals surface area contributed by atoms with Crippen LogP contribution < -0.4 is 4.74 Å². The monoisotopic (exact) mass is 223 g/mol. The van der Waals surface area contributed by atoms with Crippen LogP contribution in [0.3, 0.4) is 0 Å². The predicted octanol–water partition coefficient (Wildman–Crippen LogP) is 0.496. The van der Waals surface area contributed by atoms with E-state index in [4.69, 9.17) is 9.47 Å². The molecular formula is C11H17N3O2. The third-order valence-corrected chi connectivity index (χ3v) is 2.54. The summed E-state index contributed by atoms with van der Waals surface area (Å²) in [5.74, 6) is 0.653. The number of ether oxygens (including phenoxy) is 2. The molecule has 0 N–H and O–H groups in total. The van der Waals surface area contributed by atoms with Crippen LogP contribution in [0, 0.1) is 6.92 Å². The van der Waals surface area contributed by atoms with E-state index < -0.39 is 0 Å². The fourth-order valence-corrected chi connectivity index (χ4v) is 1.61. The Morgan fingerprint density at radius 2 is 2.19 bits per heavy atom. The summed E-state index contributed by atoms with van der Waals surface area (Å²) in [7, 11) is 0. The van der Waals surface area contributed by atoms with Gasteiger partial charge in [0.05, 0.1) is 13.2 Å². The molecule has 1 aromatic heterocycles. The number of morpholine rings is 1. The van der Waals surface area contributed by atoms with Gasteiger partial charge in [-0.25, -0.2) is 9.97 Å². The molecule has 5 nitrogen and oxygen atoms in total. The fraction of sp³-hybridized carbons (Fsp3) is 0.636. The summed E-state index contributed by atoms with van der Waals surface area (Å²) in [4.78, 5) is 10.4. The van der Waals surface area contributed by atoms with Crippen molar-refractivity contribution < 1.29 is 9.47 Å². The summed E-state index contributed by atoms with van der Waals surface area (Å²) in [6, 6.07) is 1.85. The molecule has 1 aromatic rings. The van der Waals surface area contributed by atoms with E-state index in [2.05, 4.69) is 14.9 Å². The van der Waals surface area contributed by atoms with E-state index >= 15 is 0 Å². The first-order valence-corrected chi connectivity index (χ1v) is 5.56. The molecule has 0 amide bonds. The average Bonchev–Trinajstić information content (AvgIpc) is 2.30. The largest absolute Gasteiger partial charge is 0.476 e. The van der Waals surface area contributed by atoms with E-state index in [0.717, 1.165) is 38.5 Å². The van der Waals surface area contributed by atoms with Gasteiger partial charge >= 0.3 is 0 Å². The van der Waals surface area contributed by atoms with Crippen molar-refractivity contribution in [2.45, 2.75) is 6.92 Å². The number of nitrogens with zero attached hydrogens (tertiary/aromatic N) is 3. The molecule has 5 heteroatoms. The second-order valence-corrected chi connectivity index (χ2v) is 3.80. The number of rotatable bonds is 4. The van der Waals surface area contributed by atoms with Crippen LogP contribution in [0.1, 0.15) is 5.69 Å². The van der Waals surface area contributed by atoms with Gasteiger partial charge in [0.25, 0.3) is 0 Å². The second kappa shape index (κ2) is 5.77. The van der Waals surface area contributed by atoms with Crippen molar-refractivity contribution in [2.75, 3.05) is 39.5 Å². The third kappa shape index (κ3) is 3.43. The Bertz CT molecular complexity index is 327. The Morgan fingerprint density at radius 3 is 2.94 bits per heavy atom. The Hall–Kier alpha value is -1.20. The van der Waals surface area contributed by atoms with Crippen LogP contribution in [0.15, 0.2) is 12.4 Å². The van der Waals surface area contributed by atoms with Crippen LogP contribution >= 0.6 is 0 Å². The number of hydrogen-bond donors (Lipinski definition) is 0. The molecule has 1 aliphatic heterocycles. The minimum absolute atomic E-state index is 0.653. The van der Waals surface area contributed by atoms with Crippen molar-refractivity contribution in [2.24, 2.45) is 0 Å². The first-order chi connectivity index (χ1) is 7.84. The highest BCUT2D eigenvalue weighted by molar-refractivity contribution is 5.11. The number of aryl methyl sites for hydroxylation is 1. The fourth-order valence-electron chi connectivity index (χ4n) is 1.61. The molecule has 0 aliphatic carbocycles. The van der Waals surface area contributed by atoms with Gasteiger partial charge in [-0.1, -0.05) is 0 Å². The van der Waals surface area contributed by atoms with Gasteiger partial charge in [0.15, 0.2) is 0 Å². The van der Waals surface area contributed by atoms with Crippen LogP contribution in [0.5, 0.6) is 5.88 Å². The van der Waals surface area contributed by atoms with E-state index in [1.54, 1.807) is 0 Å². The summed E-state index contributed by atoms with van der Waals surface area (Å²) in [5.41, 5.74) is 0.927. The van der Waals surface area contributed by atoms with Crippen LogP contribution in [-0.2, 0) is 4.74 Å². The highest BCUT2D eigenvalue weighted by Gasteiger charge is 2.09. The maximum Gasteiger partial charge on any atom is 0.216 e. The van der Waals surface area contributed by atoms with Crippen LogP contribution in [0.25, 0.3) is 0 Å². The van der Waals surface area contributed by atoms with Gasteiger partial charge in [0.2, 0.25) is 5.88 Å². The van der Waals surface area contributed by atoms with E-state index in [1.807, 2.05) is 13.0 Å². The van der Waals surface area contributed by atoms with Gasteiger partial charge in [-0.15, -0.1) is 0 Å². The van der Waals surface area contributed by atoms with E-state index in [1.165, 1.54) is 6.33 Å². The molecule has 0 bridgehead atoms. The standard InChI is InChI=1S/C11H17N3O2/c1-10-8-11(13-9-12-10)16-7-4-14-2-5-15-6-3-14/h8-9H,2-7H2,1H3. The number of aromatic nitrogens is 2. The molecule has 0 unspecified atom stereocenters. The van der Waals surface area contributed by atoms with Crippen molar-refractivity contribution in [3.05, 3.63) is 18.1 Å².